The highest BCUT2D eigenvalue weighted by Gasteiger charge is 2.24. The van der Waals surface area contributed by atoms with Crippen LogP contribution in [-0.4, -0.2) is 18.1 Å². The zero-order valence-corrected chi connectivity index (χ0v) is 9.46. The first kappa shape index (κ1) is 13.3. The van der Waals surface area contributed by atoms with Crippen molar-refractivity contribution in [3.63, 3.8) is 0 Å². The molecule has 0 saturated carbocycles. The fourth-order valence-corrected chi connectivity index (χ4v) is 1.49. The molecule has 0 spiro atoms. The molecule has 1 rings (SSSR count). The van der Waals surface area contributed by atoms with Gasteiger partial charge in [0.05, 0.1) is 29.8 Å². The molecule has 0 atom stereocenters. The standard InChI is InChI=1S/C10H7ClF2N2O2/c1-17-10(16)6-2-5(4-14)15-7(3-11)8(6)9(12)13/h2,9H,3H2,1H3. The van der Waals surface area contributed by atoms with Crippen molar-refractivity contribution in [1.82, 2.24) is 4.98 Å². The summed E-state index contributed by atoms with van der Waals surface area (Å²) in [5.74, 6) is -1.27. The summed E-state index contributed by atoms with van der Waals surface area (Å²) in [6.45, 7) is 0. The van der Waals surface area contributed by atoms with Crippen LogP contribution in [0.2, 0.25) is 0 Å². The van der Waals surface area contributed by atoms with Gasteiger partial charge in [-0.15, -0.1) is 11.6 Å². The number of aromatic nitrogens is 1. The largest absolute Gasteiger partial charge is 0.465 e. The third-order valence-corrected chi connectivity index (χ3v) is 2.26. The highest BCUT2D eigenvalue weighted by atomic mass is 35.5. The Kier molecular flexibility index (Phi) is 4.35. The van der Waals surface area contributed by atoms with Gasteiger partial charge in [-0.2, -0.15) is 5.26 Å². The van der Waals surface area contributed by atoms with Crippen molar-refractivity contribution in [2.24, 2.45) is 0 Å². The number of hydrogen-bond donors (Lipinski definition) is 0. The summed E-state index contributed by atoms with van der Waals surface area (Å²) < 4.78 is 30.0. The Hall–Kier alpha value is -1.74. The van der Waals surface area contributed by atoms with Gasteiger partial charge < -0.3 is 4.74 Å². The smallest absolute Gasteiger partial charge is 0.338 e. The molecule has 0 fully saturated rings. The molecular weight excluding hydrogens is 254 g/mol. The molecule has 0 aliphatic carbocycles. The first-order chi connectivity index (χ1) is 8.04. The van der Waals surface area contributed by atoms with E-state index in [0.29, 0.717) is 0 Å². The lowest BCUT2D eigenvalue weighted by atomic mass is 10.1. The summed E-state index contributed by atoms with van der Waals surface area (Å²) in [5.41, 5.74) is -1.33. The Morgan fingerprint density at radius 1 is 1.71 bits per heavy atom. The van der Waals surface area contributed by atoms with E-state index in [1.807, 2.05) is 0 Å². The summed E-state index contributed by atoms with van der Waals surface area (Å²) in [7, 11) is 1.06. The molecule has 0 aliphatic rings. The van der Waals surface area contributed by atoms with E-state index >= 15 is 0 Å². The Bertz CT molecular complexity index is 486. The van der Waals surface area contributed by atoms with E-state index < -0.39 is 18.0 Å². The van der Waals surface area contributed by atoms with Gasteiger partial charge in [0.15, 0.2) is 0 Å². The zero-order valence-electron chi connectivity index (χ0n) is 8.71. The number of rotatable bonds is 3. The highest BCUT2D eigenvalue weighted by Crippen LogP contribution is 2.28. The van der Waals surface area contributed by atoms with E-state index in [1.165, 1.54) is 0 Å². The molecule has 0 saturated heterocycles. The van der Waals surface area contributed by atoms with Crippen molar-refractivity contribution in [2.75, 3.05) is 7.11 Å². The SMILES string of the molecule is COC(=O)c1cc(C#N)nc(CCl)c1C(F)F. The van der Waals surface area contributed by atoms with Crippen LogP contribution in [0.4, 0.5) is 8.78 Å². The number of carbonyl (C=O) groups excluding carboxylic acids is 1. The number of esters is 1. The molecule has 17 heavy (non-hydrogen) atoms. The lowest BCUT2D eigenvalue weighted by Crippen LogP contribution is -2.11. The highest BCUT2D eigenvalue weighted by molar-refractivity contribution is 6.17. The summed E-state index contributed by atoms with van der Waals surface area (Å²) in [6, 6.07) is 2.63. The molecule has 0 unspecified atom stereocenters. The van der Waals surface area contributed by atoms with E-state index in [2.05, 4.69) is 9.72 Å². The summed E-state index contributed by atoms with van der Waals surface area (Å²) in [4.78, 5) is 15.0. The molecule has 0 amide bonds. The predicted octanol–water partition coefficient (Wildman–Crippen LogP) is 2.42. The first-order valence-corrected chi connectivity index (χ1v) is 4.95. The van der Waals surface area contributed by atoms with Gasteiger partial charge in [0.1, 0.15) is 11.8 Å². The van der Waals surface area contributed by atoms with Crippen molar-refractivity contribution >= 4 is 17.6 Å². The van der Waals surface area contributed by atoms with Crippen LogP contribution in [0.5, 0.6) is 0 Å². The average molecular weight is 261 g/mol. The van der Waals surface area contributed by atoms with Crippen LogP contribution in [-0.2, 0) is 10.6 Å². The van der Waals surface area contributed by atoms with Crippen molar-refractivity contribution in [1.29, 1.82) is 5.26 Å². The fourth-order valence-electron chi connectivity index (χ4n) is 1.29. The van der Waals surface area contributed by atoms with E-state index in [9.17, 15) is 13.6 Å². The maximum atomic E-state index is 12.8. The number of ether oxygens (including phenoxy) is 1. The lowest BCUT2D eigenvalue weighted by Gasteiger charge is -2.10. The minimum absolute atomic E-state index is 0.162. The van der Waals surface area contributed by atoms with Gasteiger partial charge in [-0.1, -0.05) is 0 Å². The van der Waals surface area contributed by atoms with Crippen molar-refractivity contribution in [3.05, 3.63) is 28.6 Å². The summed E-state index contributed by atoms with van der Waals surface area (Å²) >= 11 is 5.47. The quantitative estimate of drug-likeness (QED) is 0.618. The Morgan fingerprint density at radius 2 is 2.35 bits per heavy atom. The second-order valence-corrected chi connectivity index (χ2v) is 3.22. The zero-order chi connectivity index (χ0) is 13.0. The van der Waals surface area contributed by atoms with Gasteiger partial charge >= 0.3 is 5.97 Å². The molecule has 1 aromatic heterocycles. The molecule has 0 radical (unpaired) electrons. The molecule has 0 bridgehead atoms. The maximum Gasteiger partial charge on any atom is 0.338 e. The second kappa shape index (κ2) is 5.55. The average Bonchev–Trinajstić information content (AvgIpc) is 2.35. The molecule has 0 N–H and O–H groups in total. The monoisotopic (exact) mass is 260 g/mol. The van der Waals surface area contributed by atoms with Crippen LogP contribution in [0.1, 0.15) is 33.7 Å². The minimum Gasteiger partial charge on any atom is -0.465 e. The molecule has 1 aromatic rings. The van der Waals surface area contributed by atoms with E-state index in [-0.39, 0.29) is 22.8 Å². The van der Waals surface area contributed by atoms with Gasteiger partial charge in [-0.25, -0.2) is 18.6 Å². The number of hydrogen-bond acceptors (Lipinski definition) is 4. The molecular formula is C10H7ClF2N2O2. The topological polar surface area (TPSA) is 63.0 Å². The minimum atomic E-state index is -2.92. The van der Waals surface area contributed by atoms with Crippen LogP contribution in [0.3, 0.4) is 0 Å². The van der Waals surface area contributed by atoms with Gasteiger partial charge in [0, 0.05) is 0 Å². The number of carbonyl (C=O) groups is 1. The van der Waals surface area contributed by atoms with Crippen LogP contribution in [0, 0.1) is 11.3 Å². The van der Waals surface area contributed by atoms with Crippen LogP contribution >= 0.6 is 11.6 Å². The molecule has 90 valence electrons. The molecule has 7 heteroatoms. The van der Waals surface area contributed by atoms with Gasteiger partial charge in [-0.3, -0.25) is 0 Å². The molecule has 1 heterocycles. The Labute approximate surface area is 101 Å². The van der Waals surface area contributed by atoms with Crippen LogP contribution in [0.25, 0.3) is 0 Å². The number of nitriles is 1. The first-order valence-electron chi connectivity index (χ1n) is 4.41. The molecule has 0 aromatic carbocycles. The van der Waals surface area contributed by atoms with Crippen molar-refractivity contribution < 1.29 is 18.3 Å². The lowest BCUT2D eigenvalue weighted by molar-refractivity contribution is 0.0588. The number of halogens is 3. The third kappa shape index (κ3) is 2.68. The van der Waals surface area contributed by atoms with E-state index in [4.69, 9.17) is 16.9 Å². The van der Waals surface area contributed by atoms with Gasteiger partial charge in [0.25, 0.3) is 6.43 Å². The van der Waals surface area contributed by atoms with Crippen molar-refractivity contribution in [2.45, 2.75) is 12.3 Å². The molecule has 0 aliphatic heterocycles. The fraction of sp³-hybridized carbons (Fsp3) is 0.300. The van der Waals surface area contributed by atoms with E-state index in [1.54, 1.807) is 6.07 Å². The van der Waals surface area contributed by atoms with Crippen LogP contribution < -0.4 is 0 Å². The third-order valence-electron chi connectivity index (χ3n) is 2.00. The number of methoxy groups -OCH3 is 1. The normalized spacial score (nSPS) is 10.1. The number of nitrogens with zero attached hydrogens (tertiary/aromatic N) is 2. The Morgan fingerprint density at radius 3 is 2.76 bits per heavy atom. The Balaban J connectivity index is 3.53. The van der Waals surface area contributed by atoms with Gasteiger partial charge in [0.2, 0.25) is 0 Å². The number of pyridine rings is 1. The van der Waals surface area contributed by atoms with Gasteiger partial charge in [-0.05, 0) is 6.07 Å². The predicted molar refractivity (Wildman–Crippen MR) is 54.8 cm³/mol. The summed E-state index contributed by atoms with van der Waals surface area (Å²) in [5, 5.41) is 8.67. The summed E-state index contributed by atoms with van der Waals surface area (Å²) in [6.07, 6.45) is -2.92. The molecule has 4 nitrogen and oxygen atoms in total. The second-order valence-electron chi connectivity index (χ2n) is 2.95. The van der Waals surface area contributed by atoms with Crippen LogP contribution in [0.15, 0.2) is 6.07 Å². The number of alkyl halides is 3. The van der Waals surface area contributed by atoms with E-state index in [0.717, 1.165) is 13.2 Å². The maximum absolute atomic E-state index is 12.8. The van der Waals surface area contributed by atoms with Crippen molar-refractivity contribution in [3.8, 4) is 6.07 Å².